The van der Waals surface area contributed by atoms with Gasteiger partial charge in [0.1, 0.15) is 12.1 Å². The number of nitrogens with zero attached hydrogens (tertiary/aromatic N) is 4. The van der Waals surface area contributed by atoms with Gasteiger partial charge in [-0.05, 0) is 60.2 Å². The summed E-state index contributed by atoms with van der Waals surface area (Å²) in [5.74, 6) is 0.836. The average Bonchev–Trinajstić information content (AvgIpc) is 3.16. The first-order valence-electron chi connectivity index (χ1n) is 9.07. The van der Waals surface area contributed by atoms with Gasteiger partial charge >= 0.3 is 0 Å². The fourth-order valence-corrected chi connectivity index (χ4v) is 3.04. The van der Waals surface area contributed by atoms with E-state index in [-0.39, 0.29) is 0 Å². The van der Waals surface area contributed by atoms with Crippen LogP contribution in [0.3, 0.4) is 0 Å². The molecule has 0 saturated heterocycles. The van der Waals surface area contributed by atoms with Crippen molar-refractivity contribution in [3.63, 3.8) is 0 Å². The molecule has 3 aromatic carbocycles. The van der Waals surface area contributed by atoms with Crippen LogP contribution in [-0.4, -0.2) is 37.0 Å². The molecule has 0 aliphatic rings. The summed E-state index contributed by atoms with van der Waals surface area (Å²) in [4.78, 5) is 11.2. The fraction of sp³-hybridized carbons (Fsp3) is 0.130. The Labute approximate surface area is 164 Å². The number of methoxy groups -OCH3 is 1. The standard InChI is InChI=1S/C23H22N4O/c1-26(2)19-7-4-17(5-8-19)15-24-18-6-13-23-22(14-18)25-16-27(23)20-9-11-21(28-3)12-10-20/h4-16H,1-3H3. The molecule has 0 saturated carbocycles. The van der Waals surface area contributed by atoms with Gasteiger partial charge in [-0.1, -0.05) is 12.1 Å². The van der Waals surface area contributed by atoms with E-state index in [2.05, 4.69) is 43.7 Å². The molecular weight excluding hydrogens is 348 g/mol. The van der Waals surface area contributed by atoms with Gasteiger partial charge in [0.2, 0.25) is 0 Å². The molecule has 1 heterocycles. The average molecular weight is 370 g/mol. The van der Waals surface area contributed by atoms with Gasteiger partial charge in [-0.25, -0.2) is 4.98 Å². The number of aliphatic imine (C=N–C) groups is 1. The third-order valence-corrected chi connectivity index (χ3v) is 4.65. The monoisotopic (exact) mass is 370 g/mol. The van der Waals surface area contributed by atoms with E-state index in [0.717, 1.165) is 33.7 Å². The lowest BCUT2D eigenvalue weighted by atomic mass is 10.2. The van der Waals surface area contributed by atoms with Crippen molar-refractivity contribution >= 4 is 28.6 Å². The molecule has 0 atom stereocenters. The van der Waals surface area contributed by atoms with Gasteiger partial charge in [-0.2, -0.15) is 0 Å². The van der Waals surface area contributed by atoms with Gasteiger partial charge in [-0.3, -0.25) is 9.56 Å². The minimum Gasteiger partial charge on any atom is -0.497 e. The number of fused-ring (bicyclic) bond motifs is 1. The molecule has 0 fully saturated rings. The van der Waals surface area contributed by atoms with E-state index in [1.807, 2.05) is 69.1 Å². The Morgan fingerprint density at radius 2 is 1.71 bits per heavy atom. The van der Waals surface area contributed by atoms with E-state index in [9.17, 15) is 0 Å². The molecule has 0 radical (unpaired) electrons. The third-order valence-electron chi connectivity index (χ3n) is 4.65. The van der Waals surface area contributed by atoms with Crippen LogP contribution in [0, 0.1) is 0 Å². The van der Waals surface area contributed by atoms with Crippen LogP contribution in [0.5, 0.6) is 5.75 Å². The zero-order valence-electron chi connectivity index (χ0n) is 16.2. The molecule has 5 nitrogen and oxygen atoms in total. The van der Waals surface area contributed by atoms with Gasteiger partial charge in [0.15, 0.2) is 0 Å². The van der Waals surface area contributed by atoms with E-state index < -0.39 is 0 Å². The zero-order chi connectivity index (χ0) is 19.5. The largest absolute Gasteiger partial charge is 0.497 e. The predicted molar refractivity (Wildman–Crippen MR) is 116 cm³/mol. The SMILES string of the molecule is COc1ccc(-n2cnc3cc(N=Cc4ccc(N(C)C)cc4)ccc32)cc1. The second-order valence-electron chi connectivity index (χ2n) is 6.73. The highest BCUT2D eigenvalue weighted by Gasteiger charge is 2.05. The summed E-state index contributed by atoms with van der Waals surface area (Å²) in [5, 5.41) is 0. The van der Waals surface area contributed by atoms with Crippen molar-refractivity contribution in [3.05, 3.63) is 78.6 Å². The summed E-state index contributed by atoms with van der Waals surface area (Å²) < 4.78 is 7.29. The molecule has 0 spiro atoms. The molecule has 0 N–H and O–H groups in total. The molecular formula is C23H22N4O. The number of imidazole rings is 1. The predicted octanol–water partition coefficient (Wildman–Crippen LogP) is 4.85. The number of rotatable bonds is 5. The summed E-state index contributed by atoms with van der Waals surface area (Å²) in [7, 11) is 5.73. The van der Waals surface area contributed by atoms with Gasteiger partial charge in [0, 0.05) is 31.7 Å². The lowest BCUT2D eigenvalue weighted by molar-refractivity contribution is 0.415. The van der Waals surface area contributed by atoms with E-state index in [4.69, 9.17) is 4.74 Å². The number of hydrogen-bond donors (Lipinski definition) is 0. The van der Waals surface area contributed by atoms with Gasteiger partial charge in [0.25, 0.3) is 0 Å². The lowest BCUT2D eigenvalue weighted by Gasteiger charge is -2.11. The number of aromatic nitrogens is 2. The van der Waals surface area contributed by atoms with Gasteiger partial charge in [-0.15, -0.1) is 0 Å². The van der Waals surface area contributed by atoms with E-state index in [1.54, 1.807) is 7.11 Å². The summed E-state index contributed by atoms with van der Waals surface area (Å²) in [6.45, 7) is 0. The van der Waals surface area contributed by atoms with Crippen LogP contribution in [0.2, 0.25) is 0 Å². The molecule has 0 aliphatic carbocycles. The molecule has 4 rings (SSSR count). The summed E-state index contributed by atoms with van der Waals surface area (Å²) in [6, 6.07) is 22.3. The van der Waals surface area contributed by atoms with E-state index >= 15 is 0 Å². The Morgan fingerprint density at radius 1 is 0.964 bits per heavy atom. The molecule has 0 amide bonds. The number of anilines is 1. The van der Waals surface area contributed by atoms with E-state index in [0.29, 0.717) is 0 Å². The first-order valence-corrected chi connectivity index (χ1v) is 9.07. The molecule has 140 valence electrons. The van der Waals surface area contributed by atoms with Crippen molar-refractivity contribution < 1.29 is 4.74 Å². The number of ether oxygens (including phenoxy) is 1. The normalized spacial score (nSPS) is 11.2. The van der Waals surface area contributed by atoms with Crippen LogP contribution in [0.15, 0.2) is 78.0 Å². The Morgan fingerprint density at radius 3 is 2.39 bits per heavy atom. The van der Waals surface area contributed by atoms with Crippen molar-refractivity contribution in [2.45, 2.75) is 0 Å². The highest BCUT2D eigenvalue weighted by molar-refractivity contribution is 5.85. The number of hydrogen-bond acceptors (Lipinski definition) is 4. The van der Waals surface area contributed by atoms with Crippen LogP contribution >= 0.6 is 0 Å². The van der Waals surface area contributed by atoms with Crippen LogP contribution in [-0.2, 0) is 0 Å². The molecule has 4 aromatic rings. The van der Waals surface area contributed by atoms with Crippen molar-refractivity contribution in [3.8, 4) is 11.4 Å². The minimum atomic E-state index is 0.836. The van der Waals surface area contributed by atoms with Gasteiger partial charge in [0.05, 0.1) is 23.8 Å². The van der Waals surface area contributed by atoms with Crippen molar-refractivity contribution in [2.24, 2.45) is 4.99 Å². The molecule has 0 unspecified atom stereocenters. The van der Waals surface area contributed by atoms with Gasteiger partial charge < -0.3 is 9.64 Å². The zero-order valence-corrected chi connectivity index (χ0v) is 16.2. The highest BCUT2D eigenvalue weighted by atomic mass is 16.5. The summed E-state index contributed by atoms with van der Waals surface area (Å²) in [5.41, 5.74) is 6.11. The minimum absolute atomic E-state index is 0.836. The Hall–Kier alpha value is -3.60. The van der Waals surface area contributed by atoms with Crippen LogP contribution in [0.25, 0.3) is 16.7 Å². The quantitative estimate of drug-likeness (QED) is 0.472. The van der Waals surface area contributed by atoms with Crippen molar-refractivity contribution in [1.29, 1.82) is 0 Å². The third kappa shape index (κ3) is 3.60. The maximum Gasteiger partial charge on any atom is 0.119 e. The topological polar surface area (TPSA) is 42.6 Å². The highest BCUT2D eigenvalue weighted by Crippen LogP contribution is 2.24. The smallest absolute Gasteiger partial charge is 0.119 e. The first-order chi connectivity index (χ1) is 13.6. The fourth-order valence-electron chi connectivity index (χ4n) is 3.04. The second kappa shape index (κ2) is 7.56. The summed E-state index contributed by atoms with van der Waals surface area (Å²) >= 11 is 0. The van der Waals surface area contributed by atoms with Crippen LogP contribution < -0.4 is 9.64 Å². The first kappa shape index (κ1) is 17.8. The number of benzene rings is 3. The second-order valence-corrected chi connectivity index (χ2v) is 6.73. The van der Waals surface area contributed by atoms with Crippen LogP contribution in [0.1, 0.15) is 5.56 Å². The maximum absolute atomic E-state index is 5.23. The van der Waals surface area contributed by atoms with Crippen molar-refractivity contribution in [2.75, 3.05) is 26.1 Å². The molecule has 0 aliphatic heterocycles. The Bertz CT molecular complexity index is 1110. The van der Waals surface area contributed by atoms with Crippen molar-refractivity contribution in [1.82, 2.24) is 9.55 Å². The maximum atomic E-state index is 5.23. The van der Waals surface area contributed by atoms with E-state index in [1.165, 1.54) is 5.69 Å². The molecule has 1 aromatic heterocycles. The lowest BCUT2D eigenvalue weighted by Crippen LogP contribution is -2.08. The molecule has 5 heteroatoms. The summed E-state index contributed by atoms with van der Waals surface area (Å²) in [6.07, 6.45) is 3.71. The Kier molecular flexibility index (Phi) is 4.81. The molecule has 28 heavy (non-hydrogen) atoms. The molecule has 0 bridgehead atoms. The van der Waals surface area contributed by atoms with Crippen LogP contribution in [0.4, 0.5) is 11.4 Å². The Balaban J connectivity index is 1.58.